The molecule has 2 aliphatic rings. The number of anilines is 1. The molecule has 2 fully saturated rings. The van der Waals surface area contributed by atoms with Gasteiger partial charge in [0.1, 0.15) is 6.07 Å². The van der Waals surface area contributed by atoms with Gasteiger partial charge in [0.25, 0.3) is 0 Å². The van der Waals surface area contributed by atoms with Crippen LogP contribution in [-0.2, 0) is 4.79 Å². The molecule has 2 saturated carbocycles. The zero-order valence-corrected chi connectivity index (χ0v) is 11.5. The van der Waals surface area contributed by atoms with Gasteiger partial charge in [-0.2, -0.15) is 5.26 Å². The number of hydrogen-bond donors (Lipinski definition) is 2. The molecular formula is C16H18N2O2. The van der Waals surface area contributed by atoms with Gasteiger partial charge < -0.3 is 10.4 Å². The number of nitrogens with one attached hydrogen (secondary N) is 1. The van der Waals surface area contributed by atoms with Crippen LogP contribution in [-0.4, -0.2) is 17.1 Å². The molecule has 0 aromatic heterocycles. The fourth-order valence-electron chi connectivity index (χ4n) is 3.91. The van der Waals surface area contributed by atoms with E-state index in [2.05, 4.69) is 11.4 Å². The van der Waals surface area contributed by atoms with Crippen LogP contribution in [0.3, 0.4) is 0 Å². The van der Waals surface area contributed by atoms with Crippen molar-refractivity contribution >= 4 is 11.7 Å². The molecule has 4 atom stereocenters. The van der Waals surface area contributed by atoms with Crippen molar-refractivity contribution in [2.24, 2.45) is 17.8 Å². The van der Waals surface area contributed by atoms with E-state index in [1.54, 1.807) is 0 Å². The summed E-state index contributed by atoms with van der Waals surface area (Å²) in [6.45, 7) is 1.95. The molecule has 1 aromatic carbocycles. The van der Waals surface area contributed by atoms with Crippen LogP contribution in [0.5, 0.6) is 0 Å². The Labute approximate surface area is 118 Å². The minimum absolute atomic E-state index is 0.0407. The highest BCUT2D eigenvalue weighted by molar-refractivity contribution is 5.73. The number of fused-ring (bicyclic) bond motifs is 2. The maximum Gasteiger partial charge on any atom is 0.308 e. The Hall–Kier alpha value is -2.02. The molecule has 2 N–H and O–H groups in total. The molecule has 0 heterocycles. The van der Waals surface area contributed by atoms with Crippen LogP contribution in [0.2, 0.25) is 0 Å². The highest BCUT2D eigenvalue weighted by Crippen LogP contribution is 2.49. The van der Waals surface area contributed by atoms with Crippen molar-refractivity contribution in [3.63, 3.8) is 0 Å². The number of nitriles is 1. The first-order chi connectivity index (χ1) is 9.60. The van der Waals surface area contributed by atoms with E-state index in [4.69, 9.17) is 0 Å². The highest BCUT2D eigenvalue weighted by Gasteiger charge is 2.51. The molecule has 104 valence electrons. The van der Waals surface area contributed by atoms with E-state index in [1.165, 1.54) is 0 Å². The number of nitrogens with zero attached hydrogens (tertiary/aromatic N) is 1. The van der Waals surface area contributed by atoms with Crippen molar-refractivity contribution in [3.05, 3.63) is 29.3 Å². The Balaban J connectivity index is 1.87. The van der Waals surface area contributed by atoms with Gasteiger partial charge in [-0.15, -0.1) is 0 Å². The van der Waals surface area contributed by atoms with Gasteiger partial charge >= 0.3 is 5.97 Å². The summed E-state index contributed by atoms with van der Waals surface area (Å²) in [5, 5.41) is 22.0. The Morgan fingerprint density at radius 3 is 2.85 bits per heavy atom. The summed E-state index contributed by atoms with van der Waals surface area (Å²) in [6, 6.07) is 7.82. The first-order valence-corrected chi connectivity index (χ1v) is 7.10. The van der Waals surface area contributed by atoms with Crippen LogP contribution >= 0.6 is 0 Å². The molecule has 0 radical (unpaired) electrons. The summed E-state index contributed by atoms with van der Waals surface area (Å²) in [7, 11) is 0. The minimum atomic E-state index is -0.708. The van der Waals surface area contributed by atoms with Crippen LogP contribution < -0.4 is 5.32 Å². The molecule has 4 heteroatoms. The molecular weight excluding hydrogens is 252 g/mol. The van der Waals surface area contributed by atoms with Crippen molar-refractivity contribution in [2.45, 2.75) is 32.2 Å². The summed E-state index contributed by atoms with van der Waals surface area (Å²) >= 11 is 0. The molecule has 0 amide bonds. The van der Waals surface area contributed by atoms with Gasteiger partial charge in [-0.3, -0.25) is 4.79 Å². The first kappa shape index (κ1) is 13.0. The highest BCUT2D eigenvalue weighted by atomic mass is 16.4. The molecule has 4 nitrogen and oxygen atoms in total. The quantitative estimate of drug-likeness (QED) is 0.885. The monoisotopic (exact) mass is 270 g/mol. The number of hydrogen-bond acceptors (Lipinski definition) is 3. The lowest BCUT2D eigenvalue weighted by Gasteiger charge is -2.30. The predicted octanol–water partition coefficient (Wildman–Crippen LogP) is 2.78. The molecule has 2 aliphatic carbocycles. The van der Waals surface area contributed by atoms with Gasteiger partial charge in [0.2, 0.25) is 0 Å². The van der Waals surface area contributed by atoms with Crippen LogP contribution in [0.4, 0.5) is 5.69 Å². The van der Waals surface area contributed by atoms with Gasteiger partial charge in [-0.05, 0) is 55.7 Å². The molecule has 0 saturated heterocycles. The van der Waals surface area contributed by atoms with E-state index in [0.29, 0.717) is 17.4 Å². The van der Waals surface area contributed by atoms with Crippen LogP contribution in [0.15, 0.2) is 18.2 Å². The van der Waals surface area contributed by atoms with Gasteiger partial charge in [0, 0.05) is 6.04 Å². The van der Waals surface area contributed by atoms with Gasteiger partial charge in [0.15, 0.2) is 0 Å². The third-order valence-electron chi connectivity index (χ3n) is 4.82. The zero-order chi connectivity index (χ0) is 14.3. The number of carboxylic acid groups (broad SMARTS) is 1. The van der Waals surface area contributed by atoms with E-state index < -0.39 is 5.97 Å². The largest absolute Gasteiger partial charge is 0.481 e. The van der Waals surface area contributed by atoms with Crippen molar-refractivity contribution in [1.29, 1.82) is 5.26 Å². The molecule has 3 rings (SSSR count). The summed E-state index contributed by atoms with van der Waals surface area (Å²) in [4.78, 5) is 11.5. The summed E-state index contributed by atoms with van der Waals surface area (Å²) < 4.78 is 0. The first-order valence-electron chi connectivity index (χ1n) is 7.10. The van der Waals surface area contributed by atoms with Crippen LogP contribution in [0, 0.1) is 36.0 Å². The van der Waals surface area contributed by atoms with E-state index in [0.717, 1.165) is 30.5 Å². The van der Waals surface area contributed by atoms with Crippen molar-refractivity contribution in [3.8, 4) is 6.07 Å². The normalized spacial score (nSPS) is 31.0. The second kappa shape index (κ2) is 4.82. The molecule has 1 aromatic rings. The number of aliphatic carboxylic acids is 1. The molecule has 2 bridgehead atoms. The average molecular weight is 270 g/mol. The van der Waals surface area contributed by atoms with Gasteiger partial charge in [-0.25, -0.2) is 0 Å². The number of aryl methyl sites for hydroxylation is 1. The Kier molecular flexibility index (Phi) is 3.13. The lowest BCUT2D eigenvalue weighted by Crippen LogP contribution is -2.39. The maximum atomic E-state index is 11.5. The zero-order valence-electron chi connectivity index (χ0n) is 11.5. The third-order valence-corrected chi connectivity index (χ3v) is 4.82. The Morgan fingerprint density at radius 2 is 2.15 bits per heavy atom. The van der Waals surface area contributed by atoms with Gasteiger partial charge in [0.05, 0.1) is 17.2 Å². The van der Waals surface area contributed by atoms with Crippen molar-refractivity contribution in [1.82, 2.24) is 0 Å². The van der Waals surface area contributed by atoms with E-state index in [9.17, 15) is 15.2 Å². The van der Waals surface area contributed by atoms with Crippen LogP contribution in [0.25, 0.3) is 0 Å². The number of benzene rings is 1. The summed E-state index contributed by atoms with van der Waals surface area (Å²) in [5.74, 6) is -0.304. The lowest BCUT2D eigenvalue weighted by molar-refractivity contribution is -0.143. The topological polar surface area (TPSA) is 73.1 Å². The van der Waals surface area contributed by atoms with Gasteiger partial charge in [-0.1, -0.05) is 6.07 Å². The predicted molar refractivity (Wildman–Crippen MR) is 75.3 cm³/mol. The number of carboxylic acids is 1. The Morgan fingerprint density at radius 1 is 1.40 bits per heavy atom. The molecule has 0 spiro atoms. The summed E-state index contributed by atoms with van der Waals surface area (Å²) in [6.07, 6.45) is 3.13. The fraction of sp³-hybridized carbons (Fsp3) is 0.500. The molecule has 4 unspecified atom stereocenters. The summed E-state index contributed by atoms with van der Waals surface area (Å²) in [5.41, 5.74) is 2.40. The molecule has 0 aliphatic heterocycles. The van der Waals surface area contributed by atoms with Crippen molar-refractivity contribution in [2.75, 3.05) is 5.32 Å². The SMILES string of the molecule is Cc1ccc(NC2C3CCC(C3)C2C(=O)O)c(C#N)c1. The van der Waals surface area contributed by atoms with E-state index in [-0.39, 0.29) is 12.0 Å². The number of carbonyl (C=O) groups is 1. The number of rotatable bonds is 3. The second-order valence-corrected chi connectivity index (χ2v) is 6.03. The average Bonchev–Trinajstić information content (AvgIpc) is 3.01. The minimum Gasteiger partial charge on any atom is -0.481 e. The van der Waals surface area contributed by atoms with E-state index in [1.807, 2.05) is 25.1 Å². The van der Waals surface area contributed by atoms with E-state index >= 15 is 0 Å². The smallest absolute Gasteiger partial charge is 0.308 e. The fourth-order valence-corrected chi connectivity index (χ4v) is 3.91. The van der Waals surface area contributed by atoms with Crippen LogP contribution in [0.1, 0.15) is 30.4 Å². The van der Waals surface area contributed by atoms with Crippen molar-refractivity contribution < 1.29 is 9.90 Å². The maximum absolute atomic E-state index is 11.5. The molecule has 20 heavy (non-hydrogen) atoms. The lowest BCUT2D eigenvalue weighted by atomic mass is 9.84. The third kappa shape index (κ3) is 2.03. The Bertz CT molecular complexity index is 591. The standard InChI is InChI=1S/C16H18N2O2/c1-9-2-5-13(12(6-9)8-17)18-15-11-4-3-10(7-11)14(15)16(19)20/h2,5-6,10-11,14-15,18H,3-4,7H2,1H3,(H,19,20). The second-order valence-electron chi connectivity index (χ2n) is 6.03.